The van der Waals surface area contributed by atoms with E-state index in [9.17, 15) is 0 Å². The maximum Gasteiger partial charge on any atom is 0.186 e. The van der Waals surface area contributed by atoms with Crippen molar-refractivity contribution in [3.8, 4) is 17.2 Å². The van der Waals surface area contributed by atoms with Gasteiger partial charge in [-0.2, -0.15) is 5.10 Å². The van der Waals surface area contributed by atoms with Crippen molar-refractivity contribution in [3.63, 3.8) is 0 Å². The van der Waals surface area contributed by atoms with E-state index in [1.807, 2.05) is 57.2 Å². The number of aryl methyl sites for hydroxylation is 1. The first-order valence-corrected chi connectivity index (χ1v) is 11.7. The summed E-state index contributed by atoms with van der Waals surface area (Å²) in [5.74, 6) is 2.09. The van der Waals surface area contributed by atoms with E-state index < -0.39 is 0 Å². The van der Waals surface area contributed by atoms with Crippen LogP contribution in [0.1, 0.15) is 25.0 Å². The van der Waals surface area contributed by atoms with Gasteiger partial charge in [0, 0.05) is 6.54 Å². The molecule has 0 aliphatic carbocycles. The van der Waals surface area contributed by atoms with Crippen molar-refractivity contribution >= 4 is 39.5 Å². The van der Waals surface area contributed by atoms with Crippen molar-refractivity contribution in [2.75, 3.05) is 39.6 Å². The Hall–Kier alpha value is -2.36. The van der Waals surface area contributed by atoms with Crippen LogP contribution in [0.5, 0.6) is 17.2 Å². The largest absolute Gasteiger partial charge is 0.491 e. The van der Waals surface area contributed by atoms with Crippen molar-refractivity contribution in [1.29, 1.82) is 0 Å². The van der Waals surface area contributed by atoms with Gasteiger partial charge in [-0.05, 0) is 84.3 Å². The van der Waals surface area contributed by atoms with E-state index in [0.29, 0.717) is 49.6 Å². The molecule has 2 aromatic rings. The lowest BCUT2D eigenvalue weighted by atomic mass is 10.2. The Morgan fingerprint density at radius 2 is 1.84 bits per heavy atom. The highest BCUT2D eigenvalue weighted by atomic mass is 79.9. The molecule has 0 unspecified atom stereocenters. The second-order valence-corrected chi connectivity index (χ2v) is 7.88. The van der Waals surface area contributed by atoms with Gasteiger partial charge in [0.15, 0.2) is 16.6 Å². The molecule has 0 amide bonds. The number of nitrogens with one attached hydrogen (secondary N) is 2. The topological polar surface area (TPSA) is 73.3 Å². The molecule has 0 heterocycles. The average Bonchev–Trinajstić information content (AvgIpc) is 2.75. The van der Waals surface area contributed by atoms with Crippen molar-refractivity contribution < 1.29 is 18.9 Å². The second kappa shape index (κ2) is 14.7. The predicted octanol–water partition coefficient (Wildman–Crippen LogP) is 4.45. The lowest BCUT2D eigenvalue weighted by Gasteiger charge is -2.15. The molecule has 0 saturated heterocycles. The average molecular weight is 524 g/mol. The number of nitrogens with zero attached hydrogens (tertiary/aromatic N) is 1. The highest BCUT2D eigenvalue weighted by molar-refractivity contribution is 9.10. The normalized spacial score (nSPS) is 10.8. The zero-order valence-electron chi connectivity index (χ0n) is 18.7. The number of benzene rings is 2. The highest BCUT2D eigenvalue weighted by Crippen LogP contribution is 2.36. The third-order valence-corrected chi connectivity index (χ3v) is 4.83. The number of hydrazone groups is 1. The quantitative estimate of drug-likeness (QED) is 0.174. The lowest BCUT2D eigenvalue weighted by molar-refractivity contribution is 0.0753. The minimum atomic E-state index is 0.384. The fraction of sp³-hybridized carbons (Fsp3) is 0.391. The van der Waals surface area contributed by atoms with Crippen LogP contribution in [0, 0.1) is 6.92 Å². The molecule has 0 radical (unpaired) electrons. The summed E-state index contributed by atoms with van der Waals surface area (Å²) in [7, 11) is 0. The molecular formula is C23H30BrN3O4S. The Balaban J connectivity index is 1.81. The van der Waals surface area contributed by atoms with E-state index in [2.05, 4.69) is 31.8 Å². The summed E-state index contributed by atoms with van der Waals surface area (Å²) >= 11 is 8.64. The van der Waals surface area contributed by atoms with Crippen LogP contribution >= 0.6 is 28.1 Å². The summed E-state index contributed by atoms with van der Waals surface area (Å²) in [6.07, 6.45) is 1.66. The number of hydrogen-bond acceptors (Lipinski definition) is 6. The Bertz CT molecular complexity index is 896. The van der Waals surface area contributed by atoms with Gasteiger partial charge in [-0.3, -0.25) is 5.43 Å². The molecule has 0 aromatic heterocycles. The van der Waals surface area contributed by atoms with E-state index in [1.165, 1.54) is 0 Å². The minimum absolute atomic E-state index is 0.384. The van der Waals surface area contributed by atoms with Gasteiger partial charge in [0.2, 0.25) is 0 Å². The Labute approximate surface area is 203 Å². The van der Waals surface area contributed by atoms with Gasteiger partial charge in [0.05, 0.1) is 30.5 Å². The molecular weight excluding hydrogens is 494 g/mol. The maximum absolute atomic E-state index is 5.90. The number of halogens is 1. The molecule has 32 heavy (non-hydrogen) atoms. The van der Waals surface area contributed by atoms with Crippen LogP contribution in [0.2, 0.25) is 0 Å². The fourth-order valence-corrected chi connectivity index (χ4v) is 3.43. The Morgan fingerprint density at radius 3 is 2.56 bits per heavy atom. The van der Waals surface area contributed by atoms with E-state index in [-0.39, 0.29) is 0 Å². The molecule has 9 heteroatoms. The molecule has 0 fully saturated rings. The molecule has 0 spiro atoms. The van der Waals surface area contributed by atoms with Crippen LogP contribution in [-0.2, 0) is 4.74 Å². The van der Waals surface area contributed by atoms with E-state index >= 15 is 0 Å². The molecule has 0 atom stereocenters. The van der Waals surface area contributed by atoms with E-state index in [0.717, 1.165) is 27.9 Å². The summed E-state index contributed by atoms with van der Waals surface area (Å²) in [5, 5.41) is 7.57. The predicted molar refractivity (Wildman–Crippen MR) is 135 cm³/mol. The third-order valence-electron chi connectivity index (χ3n) is 4.01. The van der Waals surface area contributed by atoms with Gasteiger partial charge >= 0.3 is 0 Å². The van der Waals surface area contributed by atoms with Crippen LogP contribution in [-0.4, -0.2) is 50.9 Å². The molecule has 2 rings (SSSR count). The summed E-state index contributed by atoms with van der Waals surface area (Å²) in [4.78, 5) is 0. The summed E-state index contributed by atoms with van der Waals surface area (Å²) in [5.41, 5.74) is 4.77. The Kier molecular flexibility index (Phi) is 11.9. The first-order chi connectivity index (χ1) is 15.5. The molecule has 0 bridgehead atoms. The van der Waals surface area contributed by atoms with Crippen LogP contribution in [0.4, 0.5) is 0 Å². The van der Waals surface area contributed by atoms with Crippen LogP contribution in [0.25, 0.3) is 0 Å². The van der Waals surface area contributed by atoms with Crippen molar-refractivity contribution in [2.45, 2.75) is 20.8 Å². The number of hydrogen-bond donors (Lipinski definition) is 2. The molecule has 2 aromatic carbocycles. The molecule has 0 aliphatic heterocycles. The fourth-order valence-electron chi connectivity index (χ4n) is 2.66. The molecule has 7 nitrogen and oxygen atoms in total. The first-order valence-electron chi connectivity index (χ1n) is 10.5. The minimum Gasteiger partial charge on any atom is -0.491 e. The number of thiocarbonyl (C=S) groups is 1. The van der Waals surface area contributed by atoms with E-state index in [1.54, 1.807) is 6.21 Å². The number of rotatable bonds is 13. The van der Waals surface area contributed by atoms with Crippen molar-refractivity contribution in [2.24, 2.45) is 5.10 Å². The lowest BCUT2D eigenvalue weighted by Crippen LogP contribution is -2.31. The zero-order valence-corrected chi connectivity index (χ0v) is 21.1. The maximum atomic E-state index is 5.90. The van der Waals surface area contributed by atoms with Crippen molar-refractivity contribution in [1.82, 2.24) is 10.7 Å². The molecule has 2 N–H and O–H groups in total. The monoisotopic (exact) mass is 523 g/mol. The summed E-state index contributed by atoms with van der Waals surface area (Å²) < 4.78 is 23.7. The first kappa shape index (κ1) is 25.9. The molecule has 174 valence electrons. The standard InChI is InChI=1S/C23H30BrN3O4S/c1-4-25-23(32)27-26-16-18-14-20(24)22(21(15-18)29-5-2)31-12-10-28-9-11-30-19-8-6-7-17(3)13-19/h6-8,13-16H,4-5,9-12H2,1-3H3,(H2,25,27,32)/b26-16-. The molecule has 0 saturated carbocycles. The molecule has 0 aliphatic rings. The third kappa shape index (κ3) is 9.42. The Morgan fingerprint density at radius 1 is 1.06 bits per heavy atom. The zero-order chi connectivity index (χ0) is 23.2. The van der Waals surface area contributed by atoms with Crippen LogP contribution in [0.15, 0.2) is 46.0 Å². The van der Waals surface area contributed by atoms with Gasteiger partial charge in [-0.25, -0.2) is 0 Å². The summed E-state index contributed by atoms with van der Waals surface area (Å²) in [6, 6.07) is 11.7. The van der Waals surface area contributed by atoms with Gasteiger partial charge in [-0.15, -0.1) is 0 Å². The van der Waals surface area contributed by atoms with Gasteiger partial charge in [0.1, 0.15) is 19.0 Å². The smallest absolute Gasteiger partial charge is 0.186 e. The van der Waals surface area contributed by atoms with Crippen LogP contribution in [0.3, 0.4) is 0 Å². The van der Waals surface area contributed by atoms with Crippen LogP contribution < -0.4 is 25.0 Å². The van der Waals surface area contributed by atoms with E-state index in [4.69, 9.17) is 31.2 Å². The summed E-state index contributed by atoms with van der Waals surface area (Å²) in [6.45, 7) is 8.95. The van der Waals surface area contributed by atoms with Gasteiger partial charge in [-0.1, -0.05) is 12.1 Å². The number of ether oxygens (including phenoxy) is 4. The van der Waals surface area contributed by atoms with Gasteiger partial charge in [0.25, 0.3) is 0 Å². The van der Waals surface area contributed by atoms with Gasteiger partial charge < -0.3 is 24.3 Å². The van der Waals surface area contributed by atoms with Crippen molar-refractivity contribution in [3.05, 3.63) is 52.0 Å². The second-order valence-electron chi connectivity index (χ2n) is 6.62. The SMILES string of the molecule is CCNC(=S)N/N=C\c1cc(Br)c(OCCOCCOc2cccc(C)c2)c(OCC)c1. The highest BCUT2D eigenvalue weighted by Gasteiger charge is 2.12.